The zero-order valence-electron chi connectivity index (χ0n) is 35.3. The minimum Gasteiger partial charge on any atom is -0.444 e. The molecule has 1 aliphatic carbocycles. The summed E-state index contributed by atoms with van der Waals surface area (Å²) in [7, 11) is 1.71. The van der Waals surface area contributed by atoms with Gasteiger partial charge in [-0.25, -0.2) is 4.79 Å². The highest BCUT2D eigenvalue weighted by Crippen LogP contribution is 2.34. The molecule has 3 aliphatic rings. The van der Waals surface area contributed by atoms with Crippen LogP contribution in [-0.2, 0) is 39.9 Å². The van der Waals surface area contributed by atoms with Gasteiger partial charge in [-0.3, -0.25) is 14.4 Å². The monoisotopic (exact) mass is 786 g/mol. The summed E-state index contributed by atoms with van der Waals surface area (Å²) in [6.07, 6.45) is 11.0. The normalized spacial score (nSPS) is 22.6. The van der Waals surface area contributed by atoms with Crippen LogP contribution in [0.2, 0.25) is 0 Å². The van der Waals surface area contributed by atoms with Crippen molar-refractivity contribution in [1.29, 1.82) is 0 Å². The van der Waals surface area contributed by atoms with Gasteiger partial charge in [-0.05, 0) is 130 Å². The Bertz CT molecular complexity index is 1350. The lowest BCUT2D eigenvalue weighted by molar-refractivity contribution is -0.141. The van der Waals surface area contributed by atoms with E-state index in [1.165, 1.54) is 11.8 Å². The summed E-state index contributed by atoms with van der Waals surface area (Å²) in [6.45, 7) is 19.8. The summed E-state index contributed by atoms with van der Waals surface area (Å²) in [5.74, 6) is 0.684. The van der Waals surface area contributed by atoms with Crippen LogP contribution in [0, 0.1) is 11.8 Å². The molecule has 13 heteroatoms. The van der Waals surface area contributed by atoms with Crippen LogP contribution < -0.4 is 16.4 Å². The third kappa shape index (κ3) is 19.6. The van der Waals surface area contributed by atoms with E-state index < -0.39 is 23.6 Å². The van der Waals surface area contributed by atoms with Gasteiger partial charge in [0.2, 0.25) is 17.7 Å². The first-order chi connectivity index (χ1) is 26.3. The SMILES string of the molecule is C=CNC(C=O)CCC(N)=O.C=O.CC1CCC2CCN(C(=O)CC3CCC(Cc4ccccc4)CC3)CC(NC(=O)OC(C)(C)C)C(=O)N12.COC(C)(C)C. The highest BCUT2D eigenvalue weighted by Gasteiger charge is 2.42. The fourth-order valence-electron chi connectivity index (χ4n) is 7.01. The van der Waals surface area contributed by atoms with Crippen molar-refractivity contribution < 1.29 is 38.2 Å². The van der Waals surface area contributed by atoms with Crippen LogP contribution in [0.5, 0.6) is 0 Å². The number of hydrogen-bond donors (Lipinski definition) is 3. The van der Waals surface area contributed by atoms with E-state index in [2.05, 4.69) is 54.5 Å². The molecule has 1 aromatic carbocycles. The molecule has 1 aromatic rings. The van der Waals surface area contributed by atoms with Crippen LogP contribution in [0.15, 0.2) is 43.1 Å². The molecule has 0 spiro atoms. The largest absolute Gasteiger partial charge is 0.444 e. The van der Waals surface area contributed by atoms with E-state index >= 15 is 0 Å². The van der Waals surface area contributed by atoms with E-state index in [4.69, 9.17) is 20.0 Å². The molecular formula is C43H71N5O8. The van der Waals surface area contributed by atoms with Crippen molar-refractivity contribution in [3.05, 3.63) is 48.7 Å². The van der Waals surface area contributed by atoms with Crippen LogP contribution in [0.4, 0.5) is 4.79 Å². The number of rotatable bonds is 11. The van der Waals surface area contributed by atoms with Crippen molar-refractivity contribution in [2.45, 2.75) is 154 Å². The number of carbonyl (C=O) groups is 6. The Hall–Kier alpha value is -4.26. The number of nitrogens with one attached hydrogen (secondary N) is 2. The minimum absolute atomic E-state index is 0.0417. The molecule has 0 radical (unpaired) electrons. The topological polar surface area (TPSA) is 177 Å². The minimum atomic E-state index is -0.788. The fraction of sp³-hybridized carbons (Fsp3) is 0.674. The van der Waals surface area contributed by atoms with Gasteiger partial charge in [-0.1, -0.05) is 36.9 Å². The van der Waals surface area contributed by atoms with E-state index in [0.29, 0.717) is 31.2 Å². The third-order valence-corrected chi connectivity index (χ3v) is 10.1. The predicted octanol–water partition coefficient (Wildman–Crippen LogP) is 5.73. The van der Waals surface area contributed by atoms with Crippen molar-refractivity contribution in [3.63, 3.8) is 0 Å². The van der Waals surface area contributed by atoms with Gasteiger partial charge in [0.1, 0.15) is 24.7 Å². The number of ether oxygens (including phenoxy) is 2. The van der Waals surface area contributed by atoms with Crippen LogP contribution in [0.3, 0.4) is 0 Å². The number of amides is 4. The van der Waals surface area contributed by atoms with Crippen molar-refractivity contribution in [2.24, 2.45) is 17.6 Å². The Labute approximate surface area is 335 Å². The molecule has 2 aliphatic heterocycles. The van der Waals surface area contributed by atoms with Crippen LogP contribution in [-0.4, -0.2) is 102 Å². The maximum absolute atomic E-state index is 13.6. The molecule has 3 fully saturated rings. The van der Waals surface area contributed by atoms with Crippen LogP contribution in [0.1, 0.15) is 118 Å². The lowest BCUT2D eigenvalue weighted by Crippen LogP contribution is -2.59. The molecule has 1 saturated carbocycles. The number of carbonyl (C=O) groups excluding carboxylic acids is 6. The van der Waals surface area contributed by atoms with Gasteiger partial charge >= 0.3 is 6.09 Å². The zero-order chi connectivity index (χ0) is 42.5. The Morgan fingerprint density at radius 1 is 0.946 bits per heavy atom. The predicted molar refractivity (Wildman–Crippen MR) is 219 cm³/mol. The van der Waals surface area contributed by atoms with Gasteiger partial charge in [-0.2, -0.15) is 0 Å². The Balaban J connectivity index is 0.000000685. The Morgan fingerprint density at radius 2 is 1.54 bits per heavy atom. The van der Waals surface area contributed by atoms with Gasteiger partial charge in [0, 0.05) is 38.6 Å². The lowest BCUT2D eigenvalue weighted by atomic mass is 9.78. The quantitative estimate of drug-likeness (QED) is 0.237. The number of nitrogens with two attached hydrogens (primary N) is 1. The fourth-order valence-corrected chi connectivity index (χ4v) is 7.01. The smallest absolute Gasteiger partial charge is 0.408 e. The lowest BCUT2D eigenvalue weighted by Gasteiger charge is -2.39. The Morgan fingerprint density at radius 3 is 2.05 bits per heavy atom. The molecule has 2 saturated heterocycles. The molecule has 56 heavy (non-hydrogen) atoms. The maximum atomic E-state index is 13.6. The second-order valence-corrected chi connectivity index (χ2v) is 16.9. The number of primary amides is 1. The summed E-state index contributed by atoms with van der Waals surface area (Å²) in [5, 5.41) is 5.47. The number of methoxy groups -OCH3 is 1. The highest BCUT2D eigenvalue weighted by molar-refractivity contribution is 5.88. The first kappa shape index (κ1) is 49.8. The highest BCUT2D eigenvalue weighted by atomic mass is 16.6. The van der Waals surface area contributed by atoms with E-state index in [9.17, 15) is 24.0 Å². The molecule has 4 rings (SSSR count). The van der Waals surface area contributed by atoms with Gasteiger partial charge in [0.05, 0.1) is 18.2 Å². The van der Waals surface area contributed by atoms with Crippen LogP contribution in [0.25, 0.3) is 0 Å². The summed E-state index contributed by atoms with van der Waals surface area (Å²) < 4.78 is 10.4. The average molecular weight is 786 g/mol. The van der Waals surface area contributed by atoms with E-state index in [1.807, 2.05) is 37.4 Å². The molecule has 0 bridgehead atoms. The van der Waals surface area contributed by atoms with Gasteiger partial charge in [0.25, 0.3) is 0 Å². The maximum Gasteiger partial charge on any atom is 0.408 e. The second-order valence-electron chi connectivity index (χ2n) is 16.9. The molecule has 316 valence electrons. The molecule has 4 amide bonds. The summed E-state index contributed by atoms with van der Waals surface area (Å²) in [5.41, 5.74) is 5.66. The van der Waals surface area contributed by atoms with Crippen LogP contribution >= 0.6 is 0 Å². The van der Waals surface area contributed by atoms with Gasteiger partial charge < -0.3 is 45.2 Å². The summed E-state index contributed by atoms with van der Waals surface area (Å²) in [4.78, 5) is 71.9. The number of alkyl carbamates (subject to hydrolysis) is 1. The van der Waals surface area contributed by atoms with Gasteiger partial charge in [0.15, 0.2) is 0 Å². The van der Waals surface area contributed by atoms with E-state index in [-0.39, 0.29) is 48.5 Å². The molecule has 0 aromatic heterocycles. The standard InChI is InChI=1S/C30H45N3O4.C7H12N2O2.C5H12O.CH2O/c1-21-10-15-25-16-17-32(20-26(28(35)33(21)25)31-29(36)37-30(2,3)4)27(34)19-24-13-11-23(12-14-24)18-22-8-6-5-7-9-22;1-2-9-6(5-10)3-4-7(8)11;1-5(2,3)6-4;1-2/h5-9,21,23-26H,10-20H2,1-4H3,(H,31,36);2,5-6,9H,1,3-4H2,(H2,8,11);1-4H3;1H2. The molecule has 13 nitrogen and oxygen atoms in total. The van der Waals surface area contributed by atoms with Crippen molar-refractivity contribution in [3.8, 4) is 0 Å². The number of hydrogen-bond acceptors (Lipinski definition) is 9. The number of nitrogens with zero attached hydrogens (tertiary/aromatic N) is 2. The first-order valence-corrected chi connectivity index (χ1v) is 19.9. The zero-order valence-corrected chi connectivity index (χ0v) is 35.3. The molecular weight excluding hydrogens is 715 g/mol. The van der Waals surface area contributed by atoms with Crippen molar-refractivity contribution >= 4 is 36.9 Å². The Kier molecular flexibility index (Phi) is 22.3. The summed E-state index contributed by atoms with van der Waals surface area (Å²) in [6, 6.07) is 9.79. The molecule has 4 N–H and O–H groups in total. The first-order valence-electron chi connectivity index (χ1n) is 19.9. The number of aldehydes is 1. The average Bonchev–Trinajstić information content (AvgIpc) is 3.51. The molecule has 4 atom stereocenters. The second kappa shape index (κ2) is 25.1. The molecule has 2 heterocycles. The van der Waals surface area contributed by atoms with E-state index in [1.54, 1.807) is 27.9 Å². The van der Waals surface area contributed by atoms with Crippen molar-refractivity contribution in [1.82, 2.24) is 20.4 Å². The molecule has 4 unspecified atom stereocenters. The third-order valence-electron chi connectivity index (χ3n) is 10.1. The van der Waals surface area contributed by atoms with Crippen molar-refractivity contribution in [2.75, 3.05) is 20.2 Å². The number of benzene rings is 1. The summed E-state index contributed by atoms with van der Waals surface area (Å²) >= 11 is 0. The number of fused-ring (bicyclic) bond motifs is 1. The van der Waals surface area contributed by atoms with Gasteiger partial charge in [-0.15, -0.1) is 0 Å². The van der Waals surface area contributed by atoms with E-state index in [0.717, 1.165) is 57.7 Å².